The number of benzene rings is 8. The Hall–Kier alpha value is -7.83. The van der Waals surface area contributed by atoms with Crippen LogP contribution in [0, 0.1) is 0 Å². The molecule has 6 heteroatoms. The molecule has 0 bridgehead atoms. The zero-order valence-corrected chi connectivity index (χ0v) is 30.4. The van der Waals surface area contributed by atoms with Crippen molar-refractivity contribution in [1.82, 2.24) is 19.5 Å². The Morgan fingerprint density at radius 3 is 1.77 bits per heavy atom. The lowest BCUT2D eigenvalue weighted by Crippen LogP contribution is -2.00. The van der Waals surface area contributed by atoms with Gasteiger partial charge in [-0.05, 0) is 59.7 Å². The molecule has 12 rings (SSSR count). The number of hydrogen-bond acceptors (Lipinski definition) is 5. The van der Waals surface area contributed by atoms with Crippen molar-refractivity contribution in [3.8, 4) is 51.0 Å². The van der Waals surface area contributed by atoms with Crippen molar-refractivity contribution < 1.29 is 8.83 Å². The van der Waals surface area contributed by atoms with Crippen LogP contribution in [0.25, 0.3) is 117 Å². The van der Waals surface area contributed by atoms with Crippen molar-refractivity contribution in [2.45, 2.75) is 0 Å². The molecule has 0 amide bonds. The Labute approximate surface area is 325 Å². The van der Waals surface area contributed by atoms with Gasteiger partial charge in [-0.1, -0.05) is 127 Å². The summed E-state index contributed by atoms with van der Waals surface area (Å²) in [6.45, 7) is 0. The van der Waals surface area contributed by atoms with Gasteiger partial charge in [-0.3, -0.25) is 0 Å². The fourth-order valence-corrected chi connectivity index (χ4v) is 8.37. The lowest BCUT2D eigenvalue weighted by atomic mass is 10.0. The number of rotatable bonds is 5. The lowest BCUT2D eigenvalue weighted by molar-refractivity contribution is 0.668. The Balaban J connectivity index is 1.01. The van der Waals surface area contributed by atoms with Gasteiger partial charge in [0.2, 0.25) is 0 Å². The summed E-state index contributed by atoms with van der Waals surface area (Å²) in [7, 11) is 0. The van der Waals surface area contributed by atoms with Gasteiger partial charge < -0.3 is 13.4 Å². The fraction of sp³-hybridized carbons (Fsp3) is 0. The van der Waals surface area contributed by atoms with Crippen molar-refractivity contribution in [3.05, 3.63) is 182 Å². The maximum absolute atomic E-state index is 6.69. The highest BCUT2D eigenvalue weighted by atomic mass is 16.3. The lowest BCUT2D eigenvalue weighted by Gasteiger charge is -2.09. The van der Waals surface area contributed by atoms with Crippen molar-refractivity contribution in [2.24, 2.45) is 0 Å². The molecule has 0 fully saturated rings. The highest BCUT2D eigenvalue weighted by Crippen LogP contribution is 2.39. The average Bonchev–Trinajstić information content (AvgIpc) is 3.95. The second-order valence-corrected chi connectivity index (χ2v) is 14.4. The summed E-state index contributed by atoms with van der Waals surface area (Å²) in [5.41, 5.74) is 11.4. The van der Waals surface area contributed by atoms with Gasteiger partial charge in [0.05, 0.1) is 16.6 Å². The van der Waals surface area contributed by atoms with E-state index in [9.17, 15) is 0 Å². The van der Waals surface area contributed by atoms with Crippen LogP contribution in [0.2, 0.25) is 0 Å². The SMILES string of the molecule is c1ccc(-c2ccc3c4ccccc4n(-c4ccc5c(c4)oc4cc(-c6nc(-c7ccccc7)nc(-c7cccc8c7oc7ccccc78)n6)ccc45)c3c2)cc1. The van der Waals surface area contributed by atoms with Gasteiger partial charge in [0.1, 0.15) is 22.3 Å². The summed E-state index contributed by atoms with van der Waals surface area (Å²) in [5.74, 6) is 1.67. The second kappa shape index (κ2) is 12.3. The number of hydrogen-bond donors (Lipinski definition) is 0. The van der Waals surface area contributed by atoms with Crippen LogP contribution in [0.15, 0.2) is 191 Å². The minimum Gasteiger partial charge on any atom is -0.456 e. The van der Waals surface area contributed by atoms with E-state index in [-0.39, 0.29) is 0 Å². The molecule has 12 aromatic rings. The molecule has 0 spiro atoms. The zero-order valence-electron chi connectivity index (χ0n) is 30.4. The predicted octanol–water partition coefficient (Wildman–Crippen LogP) is 13.4. The molecule has 0 atom stereocenters. The third-order valence-corrected chi connectivity index (χ3v) is 11.1. The monoisotopic (exact) mass is 730 g/mol. The minimum atomic E-state index is 0.541. The first kappa shape index (κ1) is 31.5. The van der Waals surface area contributed by atoms with Gasteiger partial charge in [0.15, 0.2) is 17.5 Å². The van der Waals surface area contributed by atoms with Crippen molar-refractivity contribution in [2.75, 3.05) is 0 Å². The molecule has 0 N–H and O–H groups in total. The summed E-state index contributed by atoms with van der Waals surface area (Å²) in [6, 6.07) is 62.8. The number of nitrogens with zero attached hydrogens (tertiary/aromatic N) is 4. The molecule has 0 aliphatic rings. The Morgan fingerprint density at radius 2 is 0.930 bits per heavy atom. The number of fused-ring (bicyclic) bond motifs is 9. The molecule has 0 saturated carbocycles. The van der Waals surface area contributed by atoms with Crippen LogP contribution >= 0.6 is 0 Å². The molecule has 4 aromatic heterocycles. The van der Waals surface area contributed by atoms with E-state index in [1.807, 2.05) is 66.7 Å². The van der Waals surface area contributed by atoms with Crippen LogP contribution in [0.3, 0.4) is 0 Å². The van der Waals surface area contributed by atoms with Gasteiger partial charge >= 0.3 is 0 Å². The van der Waals surface area contributed by atoms with Gasteiger partial charge in [-0.25, -0.2) is 15.0 Å². The topological polar surface area (TPSA) is 69.9 Å². The maximum Gasteiger partial charge on any atom is 0.167 e. The van der Waals surface area contributed by atoms with E-state index in [4.69, 9.17) is 23.8 Å². The number of furan rings is 2. The summed E-state index contributed by atoms with van der Waals surface area (Å²) in [5, 5.41) is 6.57. The molecule has 0 aliphatic carbocycles. The van der Waals surface area contributed by atoms with Crippen molar-refractivity contribution in [1.29, 1.82) is 0 Å². The van der Waals surface area contributed by atoms with Crippen LogP contribution in [-0.2, 0) is 0 Å². The molecule has 0 radical (unpaired) electrons. The molecule has 6 nitrogen and oxygen atoms in total. The smallest absolute Gasteiger partial charge is 0.167 e. The van der Waals surface area contributed by atoms with E-state index in [0.717, 1.165) is 77.3 Å². The third-order valence-electron chi connectivity index (χ3n) is 11.1. The Bertz CT molecular complexity index is 3530. The second-order valence-electron chi connectivity index (χ2n) is 14.4. The summed E-state index contributed by atoms with van der Waals surface area (Å²) < 4.78 is 15.4. The van der Waals surface area contributed by atoms with E-state index < -0.39 is 0 Å². The Kier molecular flexibility index (Phi) is 6.83. The number of aromatic nitrogens is 4. The van der Waals surface area contributed by atoms with Crippen LogP contribution < -0.4 is 0 Å². The highest BCUT2D eigenvalue weighted by molar-refractivity contribution is 6.12. The van der Waals surface area contributed by atoms with E-state index in [1.54, 1.807) is 0 Å². The molecular weight excluding hydrogens is 701 g/mol. The van der Waals surface area contributed by atoms with E-state index >= 15 is 0 Å². The molecule has 0 aliphatic heterocycles. The normalized spacial score (nSPS) is 11.9. The first-order valence-corrected chi connectivity index (χ1v) is 19.0. The molecule has 266 valence electrons. The Morgan fingerprint density at radius 1 is 0.333 bits per heavy atom. The predicted molar refractivity (Wildman–Crippen MR) is 230 cm³/mol. The van der Waals surface area contributed by atoms with Gasteiger partial charge in [-0.2, -0.15) is 0 Å². The molecule has 4 heterocycles. The molecule has 8 aromatic carbocycles. The van der Waals surface area contributed by atoms with Gasteiger partial charge in [0.25, 0.3) is 0 Å². The molecule has 57 heavy (non-hydrogen) atoms. The minimum absolute atomic E-state index is 0.541. The van der Waals surface area contributed by atoms with E-state index in [1.165, 1.54) is 21.9 Å². The summed E-state index contributed by atoms with van der Waals surface area (Å²) in [6.07, 6.45) is 0. The highest BCUT2D eigenvalue weighted by Gasteiger charge is 2.20. The van der Waals surface area contributed by atoms with Crippen LogP contribution in [0.4, 0.5) is 0 Å². The van der Waals surface area contributed by atoms with Crippen LogP contribution in [-0.4, -0.2) is 19.5 Å². The largest absolute Gasteiger partial charge is 0.456 e. The first-order chi connectivity index (χ1) is 28.2. The van der Waals surface area contributed by atoms with Gasteiger partial charge in [0, 0.05) is 55.2 Å². The molecular formula is C51H30N4O2. The zero-order chi connectivity index (χ0) is 37.5. The average molecular weight is 731 g/mol. The summed E-state index contributed by atoms with van der Waals surface area (Å²) in [4.78, 5) is 15.1. The first-order valence-electron chi connectivity index (χ1n) is 19.0. The third kappa shape index (κ3) is 5.01. The number of para-hydroxylation sites is 3. The summed E-state index contributed by atoms with van der Waals surface area (Å²) >= 11 is 0. The van der Waals surface area contributed by atoms with E-state index in [2.05, 4.69) is 120 Å². The van der Waals surface area contributed by atoms with E-state index in [0.29, 0.717) is 17.5 Å². The fourth-order valence-electron chi connectivity index (χ4n) is 8.37. The van der Waals surface area contributed by atoms with Crippen molar-refractivity contribution in [3.63, 3.8) is 0 Å². The van der Waals surface area contributed by atoms with Crippen molar-refractivity contribution >= 4 is 65.7 Å². The quantitative estimate of drug-likeness (QED) is 0.176. The molecule has 0 saturated heterocycles. The maximum atomic E-state index is 6.69. The molecule has 0 unspecified atom stereocenters. The standard InChI is InChI=1S/C51H30N4O2/c1-3-12-31(13-4-1)33-22-25-37-36-16-7-9-20-43(36)55(44(37)28-33)35-24-27-40-39-26-23-34(29-46(39)56-47(40)30-35)50-52-49(32-14-5-2-6-15-32)53-51(54-50)42-19-11-18-41-38-17-8-10-21-45(38)57-48(41)42/h1-30H. The van der Waals surface area contributed by atoms with Crippen LogP contribution in [0.1, 0.15) is 0 Å². The van der Waals surface area contributed by atoms with Gasteiger partial charge in [-0.15, -0.1) is 0 Å². The van der Waals surface area contributed by atoms with Crippen LogP contribution in [0.5, 0.6) is 0 Å².